The summed E-state index contributed by atoms with van der Waals surface area (Å²) in [6.07, 6.45) is 37.1. The van der Waals surface area contributed by atoms with Crippen LogP contribution in [0.5, 0.6) is 0 Å². The summed E-state index contributed by atoms with van der Waals surface area (Å²) in [6, 6.07) is 52.3. The first-order valence-corrected chi connectivity index (χ1v) is 39.4. The van der Waals surface area contributed by atoms with Gasteiger partial charge in [-0.15, -0.1) is 0 Å². The summed E-state index contributed by atoms with van der Waals surface area (Å²) in [6.45, 7) is 6.04. The Labute approximate surface area is 721 Å². The predicted octanol–water partition coefficient (Wildman–Crippen LogP) is 7.29. The van der Waals surface area contributed by atoms with E-state index >= 15 is 0 Å². The molecular weight excluding hydrogens is 1660 g/mol. The number of rotatable bonds is 19. The molecule has 0 radical (unpaired) electrons. The van der Waals surface area contributed by atoms with Gasteiger partial charge >= 0.3 is 58.5 Å². The van der Waals surface area contributed by atoms with Crippen molar-refractivity contribution in [3.05, 3.63) is 308 Å². The summed E-state index contributed by atoms with van der Waals surface area (Å²) in [5.41, 5.74) is 11.7. The fourth-order valence-electron chi connectivity index (χ4n) is 11.4. The number of nitrogens with one attached hydrogen (secondary N) is 2. The van der Waals surface area contributed by atoms with Gasteiger partial charge in [-0.3, -0.25) is 66.1 Å². The second-order valence-corrected chi connectivity index (χ2v) is 29.7. The maximum Gasteiger partial charge on any atom is 1.00 e. The van der Waals surface area contributed by atoms with Gasteiger partial charge in [0.15, 0.2) is 0 Å². The molecule has 0 amide bonds. The van der Waals surface area contributed by atoms with E-state index in [0.717, 1.165) is 110 Å². The topological polar surface area (TPSA) is 343 Å². The van der Waals surface area contributed by atoms with Gasteiger partial charge in [-0.1, -0.05) is 42.3 Å². The Morgan fingerprint density at radius 3 is 1.16 bits per heavy atom. The van der Waals surface area contributed by atoms with Crippen molar-refractivity contribution in [2.75, 3.05) is 19.9 Å². The molecule has 35 heteroatoms. The molecule has 0 aliphatic rings. The second kappa shape index (κ2) is 40.8. The number of pyridine rings is 8. The number of benzene rings is 2. The number of aromatic nitrogens is 20. The van der Waals surface area contributed by atoms with Crippen LogP contribution in [0.15, 0.2) is 304 Å². The minimum Gasteiger partial charge on any atom is -1.00 e. The largest absolute Gasteiger partial charge is 1.00 e. The zero-order valence-corrected chi connectivity index (χ0v) is 69.8. The van der Waals surface area contributed by atoms with Crippen molar-refractivity contribution < 1.29 is 95.7 Å². The van der Waals surface area contributed by atoms with E-state index < -0.39 is 34.0 Å². The minimum absolute atomic E-state index is 0. The van der Waals surface area contributed by atoms with Gasteiger partial charge < -0.3 is 14.8 Å². The number of nitrogens with zero attached hydrogens (tertiary/aromatic N) is 18. The van der Waals surface area contributed by atoms with Crippen molar-refractivity contribution in [1.82, 2.24) is 98.1 Å². The molecule has 0 atom stereocenters. The molecule has 0 fully saturated rings. The summed E-state index contributed by atoms with van der Waals surface area (Å²) < 4.78 is 82.3. The predicted molar refractivity (Wildman–Crippen MR) is 442 cm³/mol. The van der Waals surface area contributed by atoms with E-state index in [-0.39, 0.29) is 85.6 Å². The van der Waals surface area contributed by atoms with E-state index in [9.17, 15) is 21.2 Å². The second-order valence-electron chi connectivity index (χ2n) is 25.2. The van der Waals surface area contributed by atoms with Crippen molar-refractivity contribution in [2.24, 2.45) is 0 Å². The molecular formula is C81H73BF2IKN20O8S2. The maximum absolute atomic E-state index is 12.3. The van der Waals surface area contributed by atoms with E-state index in [1.807, 2.05) is 204 Å². The average Bonchev–Trinajstić information content (AvgIpc) is 1.66. The SMILES string of the molecule is CCCOS(=O)(=O)c1ccc(C)cc1.Cc1ccc(S(=O)(=O)OCCn2ccc(-c3ccc(-n4ccc5ccncc54)nc3)n2)cc1.Ic1ccc(-n2ccc3ccncc32)nc1.OB(O)c1ccn[nH]1.[18F-].[18F]CCn1ccc(-c2ccc(-n3ccc4ccncc43)nc2)n1.[K+].c1cc2ccn(-c3ccc(-c4ccn[nH]4)cn3)c2cn1. The zero-order chi connectivity index (χ0) is 79.4. The Hall–Kier alpha value is -11.3. The number of alkyl halides is 1. The van der Waals surface area contributed by atoms with E-state index in [1.54, 1.807) is 114 Å². The first kappa shape index (κ1) is 85.6. The van der Waals surface area contributed by atoms with Crippen molar-refractivity contribution in [3.63, 3.8) is 0 Å². The van der Waals surface area contributed by atoms with E-state index in [0.29, 0.717) is 18.6 Å². The Bertz CT molecular complexity index is 6340. The third-order valence-corrected chi connectivity index (χ3v) is 20.6. The van der Waals surface area contributed by atoms with Crippen LogP contribution >= 0.6 is 22.6 Å². The molecule has 0 spiro atoms. The van der Waals surface area contributed by atoms with Gasteiger partial charge in [-0.2, -0.15) is 37.2 Å². The molecule has 18 aromatic rings. The number of H-pyrrole nitrogens is 2. The molecule has 582 valence electrons. The normalized spacial score (nSPS) is 11.0. The number of halogens is 3. The van der Waals surface area contributed by atoms with Crippen LogP contribution in [0.1, 0.15) is 24.5 Å². The fraction of sp³-hybridized carbons (Fsp3) is 0.111. The molecule has 28 nitrogen and oxygen atoms in total. The number of aryl methyl sites for hydroxylation is 3. The monoisotopic (exact) mass is 1730 g/mol. The summed E-state index contributed by atoms with van der Waals surface area (Å²) in [4.78, 5) is 35.0. The van der Waals surface area contributed by atoms with E-state index in [4.69, 9.17) is 18.4 Å². The number of aromatic amines is 2. The molecule has 16 heterocycles. The minimum atomic E-state index is -3.79. The fourth-order valence-corrected chi connectivity index (χ4v) is 13.6. The molecule has 0 bridgehead atoms. The van der Waals surface area contributed by atoms with Crippen LogP contribution in [-0.4, -0.2) is 152 Å². The van der Waals surface area contributed by atoms with Gasteiger partial charge in [0.1, 0.15) is 29.9 Å². The first-order chi connectivity index (χ1) is 55.5. The van der Waals surface area contributed by atoms with Crippen molar-refractivity contribution in [3.8, 4) is 57.0 Å². The van der Waals surface area contributed by atoms with Gasteiger partial charge in [-0.05, 0) is 188 Å². The van der Waals surface area contributed by atoms with Crippen molar-refractivity contribution in [2.45, 2.75) is 50.1 Å². The first-order valence-electron chi connectivity index (χ1n) is 35.5. The number of hydrogen-bond acceptors (Lipinski definition) is 20. The number of fused-ring (bicyclic) bond motifs is 4. The van der Waals surface area contributed by atoms with Crippen molar-refractivity contribution >= 4 is 99.2 Å². The van der Waals surface area contributed by atoms with Gasteiger partial charge in [0.25, 0.3) is 20.2 Å². The molecule has 16 aromatic heterocycles. The Morgan fingerprint density at radius 1 is 0.431 bits per heavy atom. The van der Waals surface area contributed by atoms with Crippen molar-refractivity contribution in [1.29, 1.82) is 0 Å². The molecule has 116 heavy (non-hydrogen) atoms. The van der Waals surface area contributed by atoms with Gasteiger partial charge in [0, 0.05) is 141 Å². The smallest absolute Gasteiger partial charge is 1.00 e. The van der Waals surface area contributed by atoms with Crippen LogP contribution in [0.3, 0.4) is 0 Å². The van der Waals surface area contributed by atoms with Crippen LogP contribution in [0.4, 0.5) is 4.39 Å². The van der Waals surface area contributed by atoms with E-state index in [2.05, 4.69) is 105 Å². The molecule has 0 aliphatic heterocycles. The molecule has 0 saturated heterocycles. The zero-order valence-electron chi connectivity index (χ0n) is 62.9. The molecule has 2 aromatic carbocycles. The third-order valence-electron chi connectivity index (χ3n) is 17.3. The van der Waals surface area contributed by atoms with E-state index in [1.165, 1.54) is 17.6 Å². The average molecular weight is 1730 g/mol. The van der Waals surface area contributed by atoms with Crippen LogP contribution in [-0.2, 0) is 41.7 Å². The maximum atomic E-state index is 12.3. The molecule has 0 unspecified atom stereocenters. The van der Waals surface area contributed by atoms with Gasteiger partial charge in [0.2, 0.25) is 0 Å². The summed E-state index contributed by atoms with van der Waals surface area (Å²) in [7, 11) is -8.76. The van der Waals surface area contributed by atoms with Crippen LogP contribution in [0.25, 0.3) is 101 Å². The Balaban J connectivity index is 0.000000142. The van der Waals surface area contributed by atoms with Crippen LogP contribution < -0.4 is 61.7 Å². The quantitative estimate of drug-likeness (QED) is 0.0350. The van der Waals surface area contributed by atoms with Crippen LogP contribution in [0, 0.1) is 17.4 Å². The third kappa shape index (κ3) is 22.0. The molecule has 4 N–H and O–H groups in total. The number of hydrogen-bond donors (Lipinski definition) is 4. The molecule has 0 saturated carbocycles. The van der Waals surface area contributed by atoms with Crippen LogP contribution in [0.2, 0.25) is 0 Å². The van der Waals surface area contributed by atoms with Gasteiger partial charge in [0.05, 0.1) is 106 Å². The molecule has 0 aliphatic carbocycles. The molecule has 18 rings (SSSR count). The Kier molecular flexibility index (Phi) is 30.1. The summed E-state index contributed by atoms with van der Waals surface area (Å²) in [5.74, 6) is 3.40. The standard InChI is InChI=1S/C24H21N5O3S.C17H14FN5.C15H11N5.C12H8IN3.C10H14O3S.C3H5BN2O2.FH.K/c1-18-2-5-21(6-3-18)33(30,31)32-15-14-28-12-10-22(27-28)20-4-7-24(26-16-20)29-13-9-19-8-11-25-17-23(19)29;18-6-10-22-8-5-15(21-22)14-1-2-17(20-11-14)23-9-4-13-3-7-19-12-16(13)23;1-2-15(17-9-12(1)13-4-7-18-19-13)20-8-5-11-3-6-16-10-14(11)20;13-10-1-2-12(15-7-10)16-6-4-9-3-5-14-8-11(9)16;1-3-8-13-14(11,12)10-6-4-9(2)5-7-10;7-4(8)3-1-2-5-6-3;;/h2-13,16-17H,14-15H2,1H3;1-5,7-9,11-12H,6,10H2;1-10H,(H,18,19);1-8H;4-7H,3,8H2,1-2H3;1-2,7-8H,(H,5,6);1H;/q;;;;;;;+1/p-1/i;18-1;;;;;1-1;. The summed E-state index contributed by atoms with van der Waals surface area (Å²) in [5, 5.41) is 42.9. The summed E-state index contributed by atoms with van der Waals surface area (Å²) >= 11 is 2.25. The van der Waals surface area contributed by atoms with Gasteiger partial charge in [-0.25, -0.2) is 24.3 Å². The Morgan fingerprint density at radius 2 is 0.819 bits per heavy atom.